The van der Waals surface area contributed by atoms with E-state index in [1.54, 1.807) is 6.20 Å². The van der Waals surface area contributed by atoms with Gasteiger partial charge in [0.25, 0.3) is 5.91 Å². The van der Waals surface area contributed by atoms with Crippen molar-refractivity contribution in [2.24, 2.45) is 0 Å². The van der Waals surface area contributed by atoms with Gasteiger partial charge in [0.2, 0.25) is 0 Å². The third kappa shape index (κ3) is 3.96. The number of fused-ring (bicyclic) bond motifs is 1. The van der Waals surface area contributed by atoms with Crippen molar-refractivity contribution in [2.45, 2.75) is 39.7 Å². The Hall–Kier alpha value is -3.48. The van der Waals surface area contributed by atoms with Gasteiger partial charge in [-0.1, -0.05) is 30.3 Å². The van der Waals surface area contributed by atoms with Crippen LogP contribution < -0.4 is 5.32 Å². The highest BCUT2D eigenvalue weighted by atomic mass is 16.1. The van der Waals surface area contributed by atoms with Crippen LogP contribution in [0.25, 0.3) is 22.3 Å². The van der Waals surface area contributed by atoms with E-state index in [0.717, 1.165) is 40.8 Å². The van der Waals surface area contributed by atoms with Crippen LogP contribution in [0.5, 0.6) is 0 Å². The normalized spacial score (nSPS) is 11.3. The zero-order valence-corrected chi connectivity index (χ0v) is 17.5. The fraction of sp³-hybridized carbons (Fsp3) is 0.304. The van der Waals surface area contributed by atoms with Crippen molar-refractivity contribution >= 4 is 16.9 Å². The molecule has 7 heteroatoms. The molecule has 0 radical (unpaired) electrons. The van der Waals surface area contributed by atoms with Gasteiger partial charge in [-0.15, -0.1) is 0 Å². The molecule has 0 spiro atoms. The first-order chi connectivity index (χ1) is 14.5. The summed E-state index contributed by atoms with van der Waals surface area (Å²) in [5, 5.41) is 15.3. The number of hydrogen-bond donors (Lipinski definition) is 2. The molecule has 3 aromatic heterocycles. The number of H-pyrrole nitrogens is 1. The van der Waals surface area contributed by atoms with E-state index >= 15 is 0 Å². The zero-order valence-electron chi connectivity index (χ0n) is 17.5. The van der Waals surface area contributed by atoms with Crippen LogP contribution in [0.1, 0.15) is 47.9 Å². The number of aromatic amines is 1. The Balaban J connectivity index is 1.60. The number of pyridine rings is 1. The van der Waals surface area contributed by atoms with Crippen LogP contribution in [0.3, 0.4) is 0 Å². The molecule has 154 valence electrons. The summed E-state index contributed by atoms with van der Waals surface area (Å²) < 4.78 is 1.86. The molecule has 1 amide bonds. The predicted octanol–water partition coefficient (Wildman–Crippen LogP) is 4.07. The van der Waals surface area contributed by atoms with Crippen molar-refractivity contribution in [3.63, 3.8) is 0 Å². The van der Waals surface area contributed by atoms with Crippen molar-refractivity contribution < 1.29 is 4.79 Å². The van der Waals surface area contributed by atoms with Gasteiger partial charge in [-0.25, -0.2) is 9.67 Å². The molecule has 3 heterocycles. The van der Waals surface area contributed by atoms with Crippen molar-refractivity contribution in [2.75, 3.05) is 6.54 Å². The molecule has 4 rings (SSSR count). The first-order valence-electron chi connectivity index (χ1n) is 10.3. The van der Waals surface area contributed by atoms with Crippen molar-refractivity contribution in [1.82, 2.24) is 30.3 Å². The second-order valence-electron chi connectivity index (χ2n) is 7.72. The van der Waals surface area contributed by atoms with E-state index in [9.17, 15) is 4.79 Å². The van der Waals surface area contributed by atoms with Crippen LogP contribution in [0, 0.1) is 6.92 Å². The summed E-state index contributed by atoms with van der Waals surface area (Å²) in [6, 6.07) is 11.9. The number of amides is 1. The average molecular weight is 403 g/mol. The number of aromatic nitrogens is 5. The highest BCUT2D eigenvalue weighted by Gasteiger charge is 2.18. The SMILES string of the molecule is Cc1[nH]ncc1CCCNC(=O)c1cc(-c2ccccc2)nc2c1cnn2C(C)C. The van der Waals surface area contributed by atoms with Gasteiger partial charge < -0.3 is 5.32 Å². The molecule has 0 bridgehead atoms. The van der Waals surface area contributed by atoms with Crippen LogP contribution in [-0.2, 0) is 6.42 Å². The summed E-state index contributed by atoms with van der Waals surface area (Å²) in [7, 11) is 0. The van der Waals surface area contributed by atoms with Gasteiger partial charge in [0.1, 0.15) is 0 Å². The number of carbonyl (C=O) groups excluding carboxylic acids is 1. The van der Waals surface area contributed by atoms with Crippen LogP contribution in [0.4, 0.5) is 0 Å². The molecule has 1 aromatic carbocycles. The summed E-state index contributed by atoms with van der Waals surface area (Å²) in [5.74, 6) is -0.105. The maximum atomic E-state index is 13.1. The molecule has 4 aromatic rings. The van der Waals surface area contributed by atoms with E-state index in [-0.39, 0.29) is 11.9 Å². The van der Waals surface area contributed by atoms with Gasteiger partial charge in [0, 0.05) is 23.8 Å². The quantitative estimate of drug-likeness (QED) is 0.456. The molecule has 0 saturated carbocycles. The molecule has 30 heavy (non-hydrogen) atoms. The fourth-order valence-corrected chi connectivity index (χ4v) is 3.54. The van der Waals surface area contributed by atoms with Gasteiger partial charge in [0.05, 0.1) is 29.0 Å². The Morgan fingerprint density at radius 2 is 2.00 bits per heavy atom. The number of rotatable bonds is 7. The molecule has 0 atom stereocenters. The number of aryl methyl sites for hydroxylation is 2. The van der Waals surface area contributed by atoms with E-state index in [4.69, 9.17) is 4.98 Å². The molecule has 0 aliphatic heterocycles. The van der Waals surface area contributed by atoms with Crippen molar-refractivity contribution in [3.8, 4) is 11.3 Å². The molecular formula is C23H26N6O. The number of nitrogens with one attached hydrogen (secondary N) is 2. The summed E-state index contributed by atoms with van der Waals surface area (Å²) in [6.07, 6.45) is 5.29. The summed E-state index contributed by atoms with van der Waals surface area (Å²) >= 11 is 0. The number of carbonyl (C=O) groups is 1. The highest BCUT2D eigenvalue weighted by Crippen LogP contribution is 2.26. The number of benzene rings is 1. The fourth-order valence-electron chi connectivity index (χ4n) is 3.54. The van der Waals surface area contributed by atoms with Crippen LogP contribution in [0.2, 0.25) is 0 Å². The lowest BCUT2D eigenvalue weighted by Crippen LogP contribution is -2.25. The van der Waals surface area contributed by atoms with E-state index in [2.05, 4.69) is 34.5 Å². The first-order valence-corrected chi connectivity index (χ1v) is 10.3. The molecule has 7 nitrogen and oxygen atoms in total. The topological polar surface area (TPSA) is 88.5 Å². The molecule has 0 unspecified atom stereocenters. The highest BCUT2D eigenvalue weighted by molar-refractivity contribution is 6.06. The summed E-state index contributed by atoms with van der Waals surface area (Å²) in [6.45, 7) is 6.71. The smallest absolute Gasteiger partial charge is 0.252 e. The maximum Gasteiger partial charge on any atom is 0.252 e. The van der Waals surface area contributed by atoms with Crippen LogP contribution in [-0.4, -0.2) is 37.4 Å². The average Bonchev–Trinajstić information content (AvgIpc) is 3.37. The number of hydrogen-bond acceptors (Lipinski definition) is 4. The maximum absolute atomic E-state index is 13.1. The van der Waals surface area contributed by atoms with Crippen molar-refractivity contribution in [1.29, 1.82) is 0 Å². The summed E-state index contributed by atoms with van der Waals surface area (Å²) in [4.78, 5) is 17.9. The Labute approximate surface area is 175 Å². The molecule has 0 saturated heterocycles. The minimum absolute atomic E-state index is 0.105. The van der Waals surface area contributed by atoms with Crippen molar-refractivity contribution in [3.05, 3.63) is 65.6 Å². The van der Waals surface area contributed by atoms with Gasteiger partial charge in [-0.3, -0.25) is 9.89 Å². The monoisotopic (exact) mass is 402 g/mol. The van der Waals surface area contributed by atoms with E-state index < -0.39 is 0 Å². The second-order valence-corrected chi connectivity index (χ2v) is 7.72. The zero-order chi connectivity index (χ0) is 21.1. The Morgan fingerprint density at radius 1 is 1.20 bits per heavy atom. The minimum Gasteiger partial charge on any atom is -0.352 e. The van der Waals surface area contributed by atoms with E-state index in [1.165, 1.54) is 5.56 Å². The third-order valence-electron chi connectivity index (χ3n) is 5.21. The molecule has 0 aliphatic rings. The van der Waals surface area contributed by atoms with Crippen LogP contribution in [0.15, 0.2) is 48.8 Å². The lowest BCUT2D eigenvalue weighted by molar-refractivity contribution is 0.0955. The van der Waals surface area contributed by atoms with E-state index in [1.807, 2.05) is 54.2 Å². The van der Waals surface area contributed by atoms with E-state index in [0.29, 0.717) is 12.1 Å². The largest absolute Gasteiger partial charge is 0.352 e. The standard InChI is InChI=1S/C23H26N6O/c1-15(2)29-22-20(14-26-29)19(12-21(27-22)17-8-5-4-6-9-17)23(30)24-11-7-10-18-13-25-28-16(18)3/h4-6,8-9,12-15H,7,10-11H2,1-3H3,(H,24,30)(H,25,28). The molecule has 2 N–H and O–H groups in total. The molecular weight excluding hydrogens is 376 g/mol. The molecule has 0 fully saturated rings. The lowest BCUT2D eigenvalue weighted by Gasteiger charge is -2.11. The third-order valence-corrected chi connectivity index (χ3v) is 5.21. The molecule has 0 aliphatic carbocycles. The Bertz CT molecular complexity index is 1160. The Morgan fingerprint density at radius 3 is 2.70 bits per heavy atom. The van der Waals surface area contributed by atoms with Gasteiger partial charge >= 0.3 is 0 Å². The lowest BCUT2D eigenvalue weighted by atomic mass is 10.1. The Kier molecular flexibility index (Phi) is 5.61. The number of nitrogens with zero attached hydrogens (tertiary/aromatic N) is 4. The van der Waals surface area contributed by atoms with Gasteiger partial charge in [0.15, 0.2) is 5.65 Å². The van der Waals surface area contributed by atoms with Gasteiger partial charge in [-0.05, 0) is 45.2 Å². The van der Waals surface area contributed by atoms with Gasteiger partial charge in [-0.2, -0.15) is 10.2 Å². The minimum atomic E-state index is -0.105. The summed E-state index contributed by atoms with van der Waals surface area (Å²) in [5.41, 5.74) is 5.33. The van der Waals surface area contributed by atoms with Crippen LogP contribution >= 0.6 is 0 Å². The predicted molar refractivity (Wildman–Crippen MR) is 117 cm³/mol. The second kappa shape index (κ2) is 8.49. The first kappa shape index (κ1) is 19.8.